The first-order valence-corrected chi connectivity index (χ1v) is 20.4. The SMILES string of the molecule is CC[C@H]1CCC[C@@H](O[C@H]2CC[C@H](N(C)C)[C@@H](C)O2)[C@@H](C)C(=O)C2=C[C@@H]3[C@@H](C=C(C)[C@@H]4C[C@@H](O[C@@H]5O[C@@H](C)[C@H](OC)[C@@H](OC)[C@H]5OC)C[C@@H]34)[C@@H]2CC(=O)O1. The number of allylic oxidation sites excluding steroid dienone is 4. The number of likely N-dealkylation sites (N-methyl/N-ethyl adjacent to an activating group) is 1. The van der Waals surface area contributed by atoms with E-state index in [-0.39, 0.29) is 96.8 Å². The predicted octanol–water partition coefficient (Wildman–Crippen LogP) is 5.88. The van der Waals surface area contributed by atoms with Crippen molar-refractivity contribution < 1.29 is 47.5 Å². The van der Waals surface area contributed by atoms with Gasteiger partial charge in [0.1, 0.15) is 24.4 Å². The summed E-state index contributed by atoms with van der Waals surface area (Å²) in [5.41, 5.74) is 2.07. The van der Waals surface area contributed by atoms with Crippen LogP contribution in [0.5, 0.6) is 0 Å². The lowest BCUT2D eigenvalue weighted by Crippen LogP contribution is -2.59. The summed E-state index contributed by atoms with van der Waals surface area (Å²) in [4.78, 5) is 30.5. The van der Waals surface area contributed by atoms with Crippen LogP contribution < -0.4 is 0 Å². The number of ether oxygens (including phenoxy) is 8. The number of esters is 1. The quantitative estimate of drug-likeness (QED) is 0.209. The van der Waals surface area contributed by atoms with Gasteiger partial charge in [-0.25, -0.2) is 0 Å². The van der Waals surface area contributed by atoms with Crippen LogP contribution in [0.3, 0.4) is 0 Å². The molecule has 0 aromatic heterocycles. The van der Waals surface area contributed by atoms with Gasteiger partial charge in [-0.1, -0.05) is 31.6 Å². The van der Waals surface area contributed by atoms with Gasteiger partial charge in [0.25, 0.3) is 0 Å². The number of Topliss-reactive ketones (excluding diaryl/α,β-unsaturated/α-hetero) is 1. The topological polar surface area (TPSA) is 111 Å². The molecule has 0 spiro atoms. The predicted molar refractivity (Wildman–Crippen MR) is 199 cm³/mol. The van der Waals surface area contributed by atoms with E-state index in [9.17, 15) is 9.59 Å². The van der Waals surface area contributed by atoms with Gasteiger partial charge in [-0.05, 0) is 115 Å². The maximum absolute atomic E-state index is 14.7. The zero-order valence-electron chi connectivity index (χ0n) is 33.9. The molecule has 0 N–H and O–H groups in total. The van der Waals surface area contributed by atoms with E-state index in [1.807, 2.05) is 13.8 Å². The van der Waals surface area contributed by atoms with Gasteiger partial charge in [0.2, 0.25) is 0 Å². The molecule has 6 rings (SSSR count). The Labute approximate surface area is 317 Å². The molecule has 1 saturated carbocycles. The molecule has 3 aliphatic heterocycles. The van der Waals surface area contributed by atoms with E-state index in [1.54, 1.807) is 21.3 Å². The zero-order valence-corrected chi connectivity index (χ0v) is 33.9. The van der Waals surface area contributed by atoms with E-state index in [0.717, 1.165) is 50.5 Å². The van der Waals surface area contributed by atoms with Crippen molar-refractivity contribution >= 4 is 11.8 Å². The number of methoxy groups -OCH3 is 3. The molecule has 0 unspecified atom stereocenters. The van der Waals surface area contributed by atoms with E-state index >= 15 is 0 Å². The molecule has 0 aromatic carbocycles. The van der Waals surface area contributed by atoms with E-state index in [1.165, 1.54) is 5.57 Å². The average Bonchev–Trinajstić information content (AvgIpc) is 3.71. The molecule has 11 nitrogen and oxygen atoms in total. The first-order valence-electron chi connectivity index (χ1n) is 20.4. The van der Waals surface area contributed by atoms with Crippen LogP contribution in [0.1, 0.15) is 92.4 Å². The van der Waals surface area contributed by atoms with Crippen molar-refractivity contribution in [2.24, 2.45) is 35.5 Å². The van der Waals surface area contributed by atoms with Crippen molar-refractivity contribution in [1.29, 1.82) is 0 Å². The molecule has 0 bridgehead atoms. The van der Waals surface area contributed by atoms with Gasteiger partial charge in [-0.15, -0.1) is 0 Å². The lowest BCUT2D eigenvalue weighted by molar-refractivity contribution is -0.314. The Kier molecular flexibility index (Phi) is 13.6. The van der Waals surface area contributed by atoms with Gasteiger partial charge in [0.15, 0.2) is 18.4 Å². The van der Waals surface area contributed by atoms with Gasteiger partial charge in [-0.2, -0.15) is 0 Å². The summed E-state index contributed by atoms with van der Waals surface area (Å²) in [6.07, 6.45) is 8.58. The third-order valence-electron chi connectivity index (χ3n) is 13.7. The number of fused-ring (bicyclic) bond motifs is 5. The van der Waals surface area contributed by atoms with Crippen molar-refractivity contribution in [1.82, 2.24) is 4.90 Å². The maximum Gasteiger partial charge on any atom is 0.306 e. The zero-order chi connectivity index (χ0) is 38.1. The number of hydrogen-bond donors (Lipinski definition) is 0. The number of nitrogens with zero attached hydrogens (tertiary/aromatic N) is 1. The van der Waals surface area contributed by atoms with Crippen LogP contribution in [0.15, 0.2) is 23.3 Å². The van der Waals surface area contributed by atoms with E-state index in [0.29, 0.717) is 18.4 Å². The highest BCUT2D eigenvalue weighted by atomic mass is 16.7. The summed E-state index contributed by atoms with van der Waals surface area (Å²) in [6, 6.07) is 0.337. The Bertz CT molecular complexity index is 1330. The van der Waals surface area contributed by atoms with Crippen molar-refractivity contribution in [3.8, 4) is 0 Å². The number of hydrogen-bond acceptors (Lipinski definition) is 11. The minimum Gasteiger partial charge on any atom is -0.462 e. The Morgan fingerprint density at radius 1 is 0.811 bits per heavy atom. The molecule has 6 aliphatic rings. The third kappa shape index (κ3) is 8.53. The molecule has 0 radical (unpaired) electrons. The number of rotatable bonds is 9. The molecule has 3 saturated heterocycles. The summed E-state index contributed by atoms with van der Waals surface area (Å²) >= 11 is 0. The number of cyclic esters (lactones) is 1. The molecule has 0 amide bonds. The fourth-order valence-electron chi connectivity index (χ4n) is 10.8. The lowest BCUT2D eigenvalue weighted by atomic mass is 9.67. The molecule has 0 aromatic rings. The highest BCUT2D eigenvalue weighted by Crippen LogP contribution is 2.56. The Balaban J connectivity index is 1.23. The van der Waals surface area contributed by atoms with Crippen LogP contribution >= 0.6 is 0 Å². The Morgan fingerprint density at radius 2 is 1.55 bits per heavy atom. The summed E-state index contributed by atoms with van der Waals surface area (Å²) in [5.74, 6) is 0.00947. The lowest BCUT2D eigenvalue weighted by Gasteiger charge is -2.44. The van der Waals surface area contributed by atoms with E-state index in [4.69, 9.17) is 37.9 Å². The molecular weight excluding hydrogens is 678 g/mol. The summed E-state index contributed by atoms with van der Waals surface area (Å²) in [5, 5.41) is 0. The average molecular weight is 746 g/mol. The van der Waals surface area contributed by atoms with E-state index in [2.05, 4.69) is 51.9 Å². The van der Waals surface area contributed by atoms with Gasteiger partial charge in [0, 0.05) is 39.2 Å². The van der Waals surface area contributed by atoms with Crippen molar-refractivity contribution in [3.63, 3.8) is 0 Å². The number of carbonyl (C=O) groups is 2. The van der Waals surface area contributed by atoms with Gasteiger partial charge < -0.3 is 42.8 Å². The number of ketones is 1. The minimum atomic E-state index is -0.598. The van der Waals surface area contributed by atoms with Crippen LogP contribution in [0.25, 0.3) is 0 Å². The fraction of sp³-hybridized carbons (Fsp3) is 0.857. The van der Waals surface area contributed by atoms with Gasteiger partial charge in [0.05, 0.1) is 30.8 Å². The highest BCUT2D eigenvalue weighted by molar-refractivity contribution is 5.99. The van der Waals surface area contributed by atoms with Gasteiger partial charge >= 0.3 is 5.97 Å². The molecule has 53 heavy (non-hydrogen) atoms. The van der Waals surface area contributed by atoms with Crippen molar-refractivity contribution in [3.05, 3.63) is 23.3 Å². The molecular formula is C42H67NO10. The largest absolute Gasteiger partial charge is 0.462 e. The standard InChI is InChI=1S/C42H67NO10/c1-11-26-13-12-14-35(53-37-16-15-34(43(6)7)24(4)49-37)23(3)38(45)33-20-31-29(32(33)21-36(44)51-26)17-22(2)28-18-27(19-30(28)31)52-42-41(48-10)40(47-9)39(46-8)25(5)50-42/h17,20,23-32,34-35,37,39-42H,11-16,18-19,21H2,1-10H3/t23-,24-,25+,26+,27-,28+,29-,30-,31-,32+,34+,35-,37+,39+,40-,41-,42+/m1/s1. The van der Waals surface area contributed by atoms with Crippen molar-refractivity contribution in [2.75, 3.05) is 35.4 Å². The first-order chi connectivity index (χ1) is 25.4. The molecule has 11 heteroatoms. The fourth-order valence-corrected chi connectivity index (χ4v) is 10.8. The van der Waals surface area contributed by atoms with Crippen molar-refractivity contribution in [2.45, 2.75) is 160 Å². The van der Waals surface area contributed by atoms with Crippen LogP contribution in [0.4, 0.5) is 0 Å². The van der Waals surface area contributed by atoms with Crippen LogP contribution in [-0.4, -0.2) is 120 Å². The summed E-state index contributed by atoms with van der Waals surface area (Å²) in [7, 11) is 9.16. The smallest absolute Gasteiger partial charge is 0.306 e. The second kappa shape index (κ2) is 17.6. The van der Waals surface area contributed by atoms with Crippen LogP contribution in [0, 0.1) is 35.5 Å². The third-order valence-corrected chi connectivity index (χ3v) is 13.7. The second-order valence-electron chi connectivity index (χ2n) is 17.0. The molecule has 4 fully saturated rings. The minimum absolute atomic E-state index is 0.0364. The molecule has 3 aliphatic carbocycles. The summed E-state index contributed by atoms with van der Waals surface area (Å²) in [6.45, 7) is 10.4. The van der Waals surface area contributed by atoms with Crippen LogP contribution in [0.2, 0.25) is 0 Å². The Morgan fingerprint density at radius 3 is 2.21 bits per heavy atom. The number of carbonyl (C=O) groups excluding carboxylic acids is 2. The molecule has 17 atom stereocenters. The monoisotopic (exact) mass is 745 g/mol. The molecule has 3 heterocycles. The van der Waals surface area contributed by atoms with E-state index < -0.39 is 12.4 Å². The first kappa shape index (κ1) is 40.9. The second-order valence-corrected chi connectivity index (χ2v) is 17.0. The Hall–Kier alpha value is -1.70. The maximum atomic E-state index is 14.7. The normalized spacial score (nSPS) is 45.3. The highest BCUT2D eigenvalue weighted by Gasteiger charge is 2.53. The van der Waals surface area contributed by atoms with Gasteiger partial charge in [-0.3, -0.25) is 9.59 Å². The molecule has 300 valence electrons. The van der Waals surface area contributed by atoms with Crippen LogP contribution in [-0.2, 0) is 47.5 Å². The summed E-state index contributed by atoms with van der Waals surface area (Å²) < 4.78 is 49.8.